The zero-order chi connectivity index (χ0) is 21.3. The molecule has 0 bridgehead atoms. The van der Waals surface area contributed by atoms with Gasteiger partial charge in [0, 0.05) is 22.8 Å². The number of aryl methyl sites for hydroxylation is 1. The number of non-ortho nitro benzene ring substituents is 1. The minimum absolute atomic E-state index is 0.137. The fourth-order valence-corrected chi connectivity index (χ4v) is 3.19. The van der Waals surface area contributed by atoms with Gasteiger partial charge < -0.3 is 10.6 Å². The number of nitro groups is 1. The fraction of sp³-hybridized carbons (Fsp3) is 0.211. The summed E-state index contributed by atoms with van der Waals surface area (Å²) >= 11 is 5.93. The summed E-state index contributed by atoms with van der Waals surface area (Å²) < 4.78 is 0. The average Bonchev–Trinajstić information content (AvgIpc) is 2.89. The fourth-order valence-electron chi connectivity index (χ4n) is 3.01. The van der Waals surface area contributed by atoms with Crippen molar-refractivity contribution in [3.05, 3.63) is 68.7 Å². The number of nitrogens with one attached hydrogen (secondary N) is 2. The number of amides is 4. The normalized spacial score (nSPS) is 18.5. The first kappa shape index (κ1) is 20.3. The zero-order valence-electron chi connectivity index (χ0n) is 15.6. The number of halogens is 1. The van der Waals surface area contributed by atoms with Gasteiger partial charge >= 0.3 is 6.03 Å². The molecule has 3 rings (SSSR count). The smallest absolute Gasteiger partial charge is 0.324 e. The van der Waals surface area contributed by atoms with Crippen LogP contribution in [-0.4, -0.2) is 34.2 Å². The van der Waals surface area contributed by atoms with Gasteiger partial charge in [0.1, 0.15) is 12.1 Å². The van der Waals surface area contributed by atoms with Crippen molar-refractivity contribution in [2.45, 2.75) is 19.4 Å². The lowest BCUT2D eigenvalue weighted by atomic mass is 9.92. The molecule has 1 aliphatic rings. The van der Waals surface area contributed by atoms with Crippen LogP contribution in [0.15, 0.2) is 42.5 Å². The van der Waals surface area contributed by atoms with Gasteiger partial charge in [0.15, 0.2) is 0 Å². The third kappa shape index (κ3) is 3.90. The predicted molar refractivity (Wildman–Crippen MR) is 106 cm³/mol. The summed E-state index contributed by atoms with van der Waals surface area (Å²) in [4.78, 5) is 48.7. The third-order valence-corrected chi connectivity index (χ3v) is 4.94. The van der Waals surface area contributed by atoms with E-state index in [0.29, 0.717) is 16.3 Å². The molecule has 2 N–H and O–H groups in total. The number of rotatable bonds is 5. The Morgan fingerprint density at radius 1 is 1.24 bits per heavy atom. The highest BCUT2D eigenvalue weighted by atomic mass is 35.5. The topological polar surface area (TPSA) is 122 Å². The summed E-state index contributed by atoms with van der Waals surface area (Å²) in [6.07, 6.45) is 0. The maximum Gasteiger partial charge on any atom is 0.325 e. The number of benzene rings is 2. The molecule has 0 spiro atoms. The maximum atomic E-state index is 12.9. The summed E-state index contributed by atoms with van der Waals surface area (Å²) in [5.41, 5.74) is 0.0546. The molecular formula is C19H17ClN4O5. The second kappa shape index (κ2) is 7.51. The number of nitro benzene ring substituents is 1. The molecular weight excluding hydrogens is 400 g/mol. The van der Waals surface area contributed by atoms with Crippen LogP contribution >= 0.6 is 11.6 Å². The summed E-state index contributed by atoms with van der Waals surface area (Å²) in [5, 5.41) is 16.4. The lowest BCUT2D eigenvalue weighted by Gasteiger charge is -2.22. The number of urea groups is 1. The minimum atomic E-state index is -1.43. The summed E-state index contributed by atoms with van der Waals surface area (Å²) in [6, 6.07) is 9.55. The summed E-state index contributed by atoms with van der Waals surface area (Å²) in [7, 11) is 0. The highest BCUT2D eigenvalue weighted by Gasteiger charge is 2.49. The molecule has 1 atom stereocenters. The van der Waals surface area contributed by atoms with Gasteiger partial charge in [0.25, 0.3) is 11.6 Å². The first-order valence-corrected chi connectivity index (χ1v) is 8.94. The van der Waals surface area contributed by atoms with Gasteiger partial charge in [-0.1, -0.05) is 17.7 Å². The Labute approximate surface area is 170 Å². The van der Waals surface area contributed by atoms with Crippen molar-refractivity contribution in [1.82, 2.24) is 10.2 Å². The van der Waals surface area contributed by atoms with Gasteiger partial charge in [-0.15, -0.1) is 0 Å². The SMILES string of the molecule is Cc1ccc(Cl)cc1NC(=O)CN1C(=O)N[C@@](C)(c2ccc([N+](=O)[O-])cc2)C1=O. The average molecular weight is 417 g/mol. The predicted octanol–water partition coefficient (Wildman–Crippen LogP) is 2.96. The van der Waals surface area contributed by atoms with Crippen molar-refractivity contribution in [3.8, 4) is 0 Å². The Hall–Kier alpha value is -3.46. The standard InChI is InChI=1S/C19H17ClN4O5/c1-11-3-6-13(20)9-15(11)21-16(25)10-23-17(26)19(2,22-18(23)27)12-4-7-14(8-5-12)24(28)29/h3-9H,10H2,1-2H3,(H,21,25)(H,22,27)/t19-/m0/s1. The van der Waals surface area contributed by atoms with Crippen LogP contribution in [0, 0.1) is 17.0 Å². The van der Waals surface area contributed by atoms with Gasteiger partial charge in [-0.05, 0) is 49.2 Å². The van der Waals surface area contributed by atoms with Crippen molar-refractivity contribution in [1.29, 1.82) is 0 Å². The van der Waals surface area contributed by atoms with Crippen molar-refractivity contribution in [3.63, 3.8) is 0 Å². The van der Waals surface area contributed by atoms with E-state index >= 15 is 0 Å². The number of carbonyl (C=O) groups excluding carboxylic acids is 3. The van der Waals surface area contributed by atoms with Gasteiger partial charge in [-0.2, -0.15) is 0 Å². The third-order valence-electron chi connectivity index (χ3n) is 4.71. The van der Waals surface area contributed by atoms with Crippen LogP contribution in [0.5, 0.6) is 0 Å². The van der Waals surface area contributed by atoms with E-state index in [-0.39, 0.29) is 5.69 Å². The van der Waals surface area contributed by atoms with Crippen LogP contribution in [-0.2, 0) is 15.1 Å². The number of imide groups is 1. The van der Waals surface area contributed by atoms with E-state index in [4.69, 9.17) is 11.6 Å². The van der Waals surface area contributed by atoms with E-state index in [0.717, 1.165) is 10.5 Å². The van der Waals surface area contributed by atoms with Crippen LogP contribution in [0.25, 0.3) is 0 Å². The second-order valence-corrected chi connectivity index (χ2v) is 7.19. The van der Waals surface area contributed by atoms with Crippen LogP contribution in [0.1, 0.15) is 18.1 Å². The number of anilines is 1. The molecule has 9 nitrogen and oxygen atoms in total. The monoisotopic (exact) mass is 416 g/mol. The number of hydrogen-bond donors (Lipinski definition) is 2. The van der Waals surface area contributed by atoms with Gasteiger partial charge in [-0.3, -0.25) is 24.6 Å². The molecule has 0 saturated carbocycles. The number of nitrogens with zero attached hydrogens (tertiary/aromatic N) is 2. The summed E-state index contributed by atoms with van der Waals surface area (Å²) in [5.74, 6) is -1.19. The van der Waals surface area contributed by atoms with Crippen LogP contribution in [0.3, 0.4) is 0 Å². The summed E-state index contributed by atoms with van der Waals surface area (Å²) in [6.45, 7) is 2.78. The molecule has 2 aromatic carbocycles. The van der Waals surface area contributed by atoms with Crippen LogP contribution in [0.4, 0.5) is 16.2 Å². The van der Waals surface area contributed by atoms with E-state index in [1.807, 2.05) is 0 Å². The van der Waals surface area contributed by atoms with E-state index in [1.165, 1.54) is 31.2 Å². The van der Waals surface area contributed by atoms with Crippen molar-refractivity contribution in [2.75, 3.05) is 11.9 Å². The van der Waals surface area contributed by atoms with Gasteiger partial charge in [0.2, 0.25) is 5.91 Å². The van der Waals surface area contributed by atoms with Crippen molar-refractivity contribution >= 4 is 40.8 Å². The van der Waals surface area contributed by atoms with Gasteiger partial charge in [-0.25, -0.2) is 4.79 Å². The molecule has 1 fully saturated rings. The molecule has 0 radical (unpaired) electrons. The Morgan fingerprint density at radius 3 is 2.52 bits per heavy atom. The molecule has 0 aliphatic carbocycles. The lowest BCUT2D eigenvalue weighted by Crippen LogP contribution is -2.42. The minimum Gasteiger partial charge on any atom is -0.324 e. The van der Waals surface area contributed by atoms with E-state index in [1.54, 1.807) is 25.1 Å². The molecule has 150 valence electrons. The molecule has 29 heavy (non-hydrogen) atoms. The molecule has 1 heterocycles. The number of carbonyl (C=O) groups is 3. The van der Waals surface area contributed by atoms with E-state index < -0.39 is 34.9 Å². The molecule has 1 saturated heterocycles. The van der Waals surface area contributed by atoms with Crippen molar-refractivity contribution in [2.24, 2.45) is 0 Å². The lowest BCUT2D eigenvalue weighted by molar-refractivity contribution is -0.384. The highest BCUT2D eigenvalue weighted by molar-refractivity contribution is 6.31. The maximum absolute atomic E-state index is 12.9. The van der Waals surface area contributed by atoms with E-state index in [2.05, 4.69) is 10.6 Å². The zero-order valence-corrected chi connectivity index (χ0v) is 16.3. The molecule has 2 aromatic rings. The highest BCUT2D eigenvalue weighted by Crippen LogP contribution is 2.30. The van der Waals surface area contributed by atoms with E-state index in [9.17, 15) is 24.5 Å². The van der Waals surface area contributed by atoms with Gasteiger partial charge in [0.05, 0.1) is 4.92 Å². The number of hydrogen-bond acceptors (Lipinski definition) is 5. The largest absolute Gasteiger partial charge is 0.325 e. The van der Waals surface area contributed by atoms with Crippen LogP contribution in [0.2, 0.25) is 5.02 Å². The first-order chi connectivity index (χ1) is 13.6. The quantitative estimate of drug-likeness (QED) is 0.441. The van der Waals surface area contributed by atoms with Crippen molar-refractivity contribution < 1.29 is 19.3 Å². The Kier molecular flexibility index (Phi) is 5.25. The molecule has 0 aromatic heterocycles. The first-order valence-electron chi connectivity index (χ1n) is 8.57. The molecule has 10 heteroatoms. The Bertz CT molecular complexity index is 1020. The Balaban J connectivity index is 1.76. The Morgan fingerprint density at radius 2 is 1.90 bits per heavy atom. The molecule has 4 amide bonds. The molecule has 1 aliphatic heterocycles. The van der Waals surface area contributed by atoms with Crippen LogP contribution < -0.4 is 10.6 Å². The second-order valence-electron chi connectivity index (χ2n) is 6.76. The molecule has 0 unspecified atom stereocenters.